The van der Waals surface area contributed by atoms with E-state index in [0.29, 0.717) is 18.6 Å². The summed E-state index contributed by atoms with van der Waals surface area (Å²) in [5.41, 5.74) is 2.62. The number of anilines is 2. The first kappa shape index (κ1) is 19.0. The standard InChI is InChI=1S/C22H30N4O2/c1-15-7-5-6-8-20(15)24-13-25(18-9-11-19(28-4)12-10-18)22-23-17(3)16(2)21(27)26(22)14-24/h9-12,15,20H,5-8,13-14H2,1-4H3. The molecule has 1 aliphatic carbocycles. The molecule has 0 N–H and O–H groups in total. The van der Waals surface area contributed by atoms with Crippen molar-refractivity contribution in [1.29, 1.82) is 0 Å². The van der Waals surface area contributed by atoms with E-state index >= 15 is 0 Å². The highest BCUT2D eigenvalue weighted by atomic mass is 16.5. The van der Waals surface area contributed by atoms with Crippen LogP contribution in [0.1, 0.15) is 43.9 Å². The van der Waals surface area contributed by atoms with Gasteiger partial charge in [-0.25, -0.2) is 4.98 Å². The maximum absolute atomic E-state index is 13.1. The summed E-state index contributed by atoms with van der Waals surface area (Å²) < 4.78 is 7.16. The van der Waals surface area contributed by atoms with E-state index in [1.54, 1.807) is 7.11 Å². The lowest BCUT2D eigenvalue weighted by atomic mass is 9.85. The molecule has 2 unspecified atom stereocenters. The van der Waals surface area contributed by atoms with Crippen LogP contribution in [0.25, 0.3) is 0 Å². The largest absolute Gasteiger partial charge is 0.497 e. The summed E-state index contributed by atoms with van der Waals surface area (Å²) in [5, 5.41) is 0. The number of benzene rings is 1. The van der Waals surface area contributed by atoms with E-state index in [1.165, 1.54) is 25.7 Å². The van der Waals surface area contributed by atoms with Crippen LogP contribution in [0.4, 0.5) is 11.6 Å². The van der Waals surface area contributed by atoms with Gasteiger partial charge in [0.15, 0.2) is 0 Å². The molecule has 1 aromatic carbocycles. The number of aromatic nitrogens is 2. The highest BCUT2D eigenvalue weighted by Crippen LogP contribution is 2.34. The van der Waals surface area contributed by atoms with Crippen molar-refractivity contribution < 1.29 is 4.74 Å². The number of hydrogen-bond acceptors (Lipinski definition) is 5. The van der Waals surface area contributed by atoms with E-state index in [-0.39, 0.29) is 5.56 Å². The van der Waals surface area contributed by atoms with E-state index in [2.05, 4.69) is 16.7 Å². The van der Waals surface area contributed by atoms with Gasteiger partial charge in [0.25, 0.3) is 5.56 Å². The lowest BCUT2D eigenvalue weighted by Gasteiger charge is -2.45. The maximum atomic E-state index is 13.1. The second-order valence-corrected chi connectivity index (χ2v) is 8.18. The Kier molecular flexibility index (Phi) is 5.15. The van der Waals surface area contributed by atoms with Gasteiger partial charge >= 0.3 is 0 Å². The molecule has 1 saturated carbocycles. The third-order valence-electron chi connectivity index (χ3n) is 6.42. The van der Waals surface area contributed by atoms with Crippen molar-refractivity contribution >= 4 is 11.6 Å². The molecular formula is C22H30N4O2. The van der Waals surface area contributed by atoms with Gasteiger partial charge in [-0.1, -0.05) is 19.8 Å². The van der Waals surface area contributed by atoms with Crippen LogP contribution in [0, 0.1) is 19.8 Å². The Hall–Kier alpha value is -2.34. The topological polar surface area (TPSA) is 50.6 Å². The molecule has 2 atom stereocenters. The van der Waals surface area contributed by atoms with E-state index < -0.39 is 0 Å². The van der Waals surface area contributed by atoms with Crippen LogP contribution in [-0.4, -0.2) is 34.3 Å². The molecule has 2 aliphatic rings. The fraction of sp³-hybridized carbons (Fsp3) is 0.545. The van der Waals surface area contributed by atoms with Crippen LogP contribution < -0.4 is 15.2 Å². The van der Waals surface area contributed by atoms with Gasteiger partial charge in [0.2, 0.25) is 5.95 Å². The van der Waals surface area contributed by atoms with Crippen LogP contribution in [0.5, 0.6) is 5.75 Å². The Morgan fingerprint density at radius 3 is 2.46 bits per heavy atom. The van der Waals surface area contributed by atoms with Crippen LogP contribution in [-0.2, 0) is 6.67 Å². The minimum Gasteiger partial charge on any atom is -0.497 e. The van der Waals surface area contributed by atoms with Crippen LogP contribution in [0.2, 0.25) is 0 Å². The molecule has 150 valence electrons. The molecule has 28 heavy (non-hydrogen) atoms. The highest BCUT2D eigenvalue weighted by molar-refractivity contribution is 5.59. The van der Waals surface area contributed by atoms with Crippen molar-refractivity contribution in [3.05, 3.63) is 45.9 Å². The number of rotatable bonds is 3. The zero-order valence-electron chi connectivity index (χ0n) is 17.3. The fourth-order valence-electron chi connectivity index (χ4n) is 4.56. The molecule has 0 saturated heterocycles. The average Bonchev–Trinajstić information content (AvgIpc) is 2.72. The molecule has 2 heterocycles. The average molecular weight is 383 g/mol. The molecule has 0 spiro atoms. The van der Waals surface area contributed by atoms with E-state index in [1.807, 2.05) is 42.7 Å². The minimum atomic E-state index is 0.0641. The first-order valence-electron chi connectivity index (χ1n) is 10.2. The number of nitrogens with zero attached hydrogens (tertiary/aromatic N) is 4. The van der Waals surface area contributed by atoms with Gasteiger partial charge in [-0.2, -0.15) is 0 Å². The summed E-state index contributed by atoms with van der Waals surface area (Å²) in [6.45, 7) is 7.50. The van der Waals surface area contributed by atoms with Crippen LogP contribution in [0.3, 0.4) is 0 Å². The van der Waals surface area contributed by atoms with Crippen molar-refractivity contribution in [3.8, 4) is 5.75 Å². The number of ether oxygens (including phenoxy) is 1. The molecule has 1 aromatic heterocycles. The molecule has 0 radical (unpaired) electrons. The van der Waals surface area contributed by atoms with Crippen LogP contribution >= 0.6 is 0 Å². The Labute approximate surface area is 166 Å². The van der Waals surface area contributed by atoms with Gasteiger partial charge in [0, 0.05) is 23.0 Å². The summed E-state index contributed by atoms with van der Waals surface area (Å²) in [6, 6.07) is 8.50. The third-order valence-corrected chi connectivity index (χ3v) is 6.42. The molecule has 2 aromatic rings. The SMILES string of the molecule is COc1ccc(N2CN(C3CCCCC3C)Cn3c2nc(C)c(C)c3=O)cc1. The summed E-state index contributed by atoms with van der Waals surface area (Å²) in [6.07, 6.45) is 5.03. The molecule has 1 aliphatic heterocycles. The van der Waals surface area contributed by atoms with E-state index in [0.717, 1.165) is 35.3 Å². The summed E-state index contributed by atoms with van der Waals surface area (Å²) >= 11 is 0. The highest BCUT2D eigenvalue weighted by Gasteiger charge is 2.34. The van der Waals surface area contributed by atoms with E-state index in [9.17, 15) is 4.79 Å². The van der Waals surface area contributed by atoms with Crippen LogP contribution in [0.15, 0.2) is 29.1 Å². The molecule has 6 heteroatoms. The van der Waals surface area contributed by atoms with Gasteiger partial charge in [-0.15, -0.1) is 0 Å². The lowest BCUT2D eigenvalue weighted by molar-refractivity contribution is 0.0723. The fourth-order valence-corrected chi connectivity index (χ4v) is 4.56. The lowest BCUT2D eigenvalue weighted by Crippen LogP contribution is -2.53. The van der Waals surface area contributed by atoms with E-state index in [4.69, 9.17) is 9.72 Å². The maximum Gasteiger partial charge on any atom is 0.259 e. The Balaban J connectivity index is 1.78. The molecular weight excluding hydrogens is 352 g/mol. The first-order chi connectivity index (χ1) is 13.5. The molecule has 1 fully saturated rings. The number of hydrogen-bond donors (Lipinski definition) is 0. The second kappa shape index (κ2) is 7.59. The summed E-state index contributed by atoms with van der Waals surface area (Å²) in [5.74, 6) is 2.20. The van der Waals surface area contributed by atoms with Crippen molar-refractivity contribution in [2.75, 3.05) is 18.7 Å². The number of aryl methyl sites for hydroxylation is 1. The zero-order chi connectivity index (χ0) is 19.8. The zero-order valence-corrected chi connectivity index (χ0v) is 17.3. The third kappa shape index (κ3) is 3.30. The van der Waals surface area contributed by atoms with Crippen molar-refractivity contribution in [2.45, 2.75) is 59.2 Å². The Morgan fingerprint density at radius 1 is 1.07 bits per heavy atom. The minimum absolute atomic E-state index is 0.0641. The second-order valence-electron chi connectivity index (χ2n) is 8.18. The number of methoxy groups -OCH3 is 1. The molecule has 6 nitrogen and oxygen atoms in total. The first-order valence-corrected chi connectivity index (χ1v) is 10.2. The predicted molar refractivity (Wildman–Crippen MR) is 111 cm³/mol. The Bertz CT molecular complexity index is 906. The normalized spacial score (nSPS) is 22.8. The van der Waals surface area contributed by atoms with Crippen molar-refractivity contribution in [2.24, 2.45) is 5.92 Å². The summed E-state index contributed by atoms with van der Waals surface area (Å²) in [4.78, 5) is 22.5. The van der Waals surface area contributed by atoms with Gasteiger partial charge in [0.05, 0.1) is 20.4 Å². The molecule has 0 amide bonds. The molecule has 4 rings (SSSR count). The predicted octanol–water partition coefficient (Wildman–Crippen LogP) is 3.82. The van der Waals surface area contributed by atoms with Gasteiger partial charge in [0.1, 0.15) is 5.75 Å². The monoisotopic (exact) mass is 382 g/mol. The molecule has 0 bridgehead atoms. The quantitative estimate of drug-likeness (QED) is 0.808. The van der Waals surface area contributed by atoms with Gasteiger partial charge in [-0.3, -0.25) is 19.2 Å². The Morgan fingerprint density at radius 2 is 1.79 bits per heavy atom. The van der Waals surface area contributed by atoms with Crippen molar-refractivity contribution in [3.63, 3.8) is 0 Å². The number of fused-ring (bicyclic) bond motifs is 1. The van der Waals surface area contributed by atoms with Gasteiger partial charge < -0.3 is 4.74 Å². The summed E-state index contributed by atoms with van der Waals surface area (Å²) in [7, 11) is 1.67. The van der Waals surface area contributed by atoms with Gasteiger partial charge in [-0.05, 0) is 56.9 Å². The van der Waals surface area contributed by atoms with Crippen molar-refractivity contribution in [1.82, 2.24) is 14.5 Å². The smallest absolute Gasteiger partial charge is 0.259 e.